The van der Waals surface area contributed by atoms with Crippen LogP contribution in [-0.4, -0.2) is 36.8 Å². The van der Waals surface area contributed by atoms with Crippen LogP contribution in [0.1, 0.15) is 45.4 Å². The molecule has 0 aromatic heterocycles. The lowest BCUT2D eigenvalue weighted by Gasteiger charge is -2.03. The van der Waals surface area contributed by atoms with Crippen LogP contribution >= 0.6 is 7.82 Å². The van der Waals surface area contributed by atoms with E-state index in [1.807, 2.05) is 0 Å². The van der Waals surface area contributed by atoms with Crippen molar-refractivity contribution < 1.29 is 39.0 Å². The number of allylic oxidation sites excluding steroid dienone is 1. The first-order valence-electron chi connectivity index (χ1n) is 6.47. The third-order valence-corrected chi connectivity index (χ3v) is 2.30. The number of carboxylic acid groups (broad SMARTS) is 2. The van der Waals surface area contributed by atoms with E-state index in [2.05, 4.69) is 6.92 Å². The van der Waals surface area contributed by atoms with Crippen molar-refractivity contribution in [3.63, 3.8) is 0 Å². The van der Waals surface area contributed by atoms with Gasteiger partial charge in [0.05, 0.1) is 12.3 Å². The lowest BCUT2D eigenvalue weighted by atomic mass is 10.0. The number of hydrogen-bond donors (Lipinski definition) is 5. The van der Waals surface area contributed by atoms with Crippen molar-refractivity contribution in [3.05, 3.63) is 12.2 Å². The van der Waals surface area contributed by atoms with Gasteiger partial charge in [-0.2, -0.15) is 0 Å². The second-order valence-corrected chi connectivity index (χ2v) is 5.36. The van der Waals surface area contributed by atoms with Crippen molar-refractivity contribution in [3.8, 4) is 0 Å². The van der Waals surface area contributed by atoms with Gasteiger partial charge in [0.1, 0.15) is 0 Å². The average molecular weight is 326 g/mol. The maximum Gasteiger partial charge on any atom is 0.466 e. The van der Waals surface area contributed by atoms with Crippen LogP contribution in [0.15, 0.2) is 12.2 Å². The number of phosphoric acid groups is 1. The molecule has 0 bridgehead atoms. The molecule has 0 aromatic carbocycles. The zero-order valence-electron chi connectivity index (χ0n) is 11.9. The van der Waals surface area contributed by atoms with Gasteiger partial charge in [0.2, 0.25) is 0 Å². The van der Waals surface area contributed by atoms with Gasteiger partial charge >= 0.3 is 19.8 Å². The first-order chi connectivity index (χ1) is 9.57. The highest BCUT2D eigenvalue weighted by Crippen LogP contribution is 2.25. The van der Waals surface area contributed by atoms with Crippen LogP contribution in [0.2, 0.25) is 0 Å². The largest absolute Gasteiger partial charge is 0.481 e. The van der Waals surface area contributed by atoms with Gasteiger partial charge in [-0.05, 0) is 12.8 Å². The molecule has 0 fully saturated rings. The number of unbranched alkanes of at least 4 members (excludes halogenated alkanes) is 4. The van der Waals surface area contributed by atoms with Crippen molar-refractivity contribution in [1.29, 1.82) is 0 Å². The lowest BCUT2D eigenvalue weighted by molar-refractivity contribution is -0.146. The molecule has 1 unspecified atom stereocenters. The highest BCUT2D eigenvalue weighted by molar-refractivity contribution is 7.45. The normalized spacial score (nSPS) is 12.6. The maximum atomic E-state index is 10.7. The van der Waals surface area contributed by atoms with Crippen molar-refractivity contribution in [1.82, 2.24) is 0 Å². The first kappa shape index (κ1) is 22.1. The SMILES string of the molecule is CCCCCCC=CC(CC(=O)O)C(=O)O.O=P(O)(O)O. The van der Waals surface area contributed by atoms with E-state index in [0.717, 1.165) is 19.3 Å². The molecule has 0 spiro atoms. The molecule has 0 aliphatic heterocycles. The minimum Gasteiger partial charge on any atom is -0.481 e. The van der Waals surface area contributed by atoms with E-state index in [0.29, 0.717) is 0 Å². The lowest BCUT2D eigenvalue weighted by Crippen LogP contribution is -2.15. The summed E-state index contributed by atoms with van der Waals surface area (Å²) in [6, 6.07) is 0. The Labute approximate surface area is 123 Å². The average Bonchev–Trinajstić information content (AvgIpc) is 2.29. The van der Waals surface area contributed by atoms with Gasteiger partial charge in [0.25, 0.3) is 0 Å². The Morgan fingerprint density at radius 3 is 2.00 bits per heavy atom. The van der Waals surface area contributed by atoms with E-state index in [-0.39, 0.29) is 6.42 Å². The van der Waals surface area contributed by atoms with Gasteiger partial charge < -0.3 is 24.9 Å². The molecule has 1 atom stereocenters. The fourth-order valence-electron chi connectivity index (χ4n) is 1.38. The maximum absolute atomic E-state index is 10.7. The second-order valence-electron chi connectivity index (χ2n) is 4.33. The summed E-state index contributed by atoms with van der Waals surface area (Å²) in [5, 5.41) is 17.3. The van der Waals surface area contributed by atoms with Crippen molar-refractivity contribution >= 4 is 19.8 Å². The van der Waals surface area contributed by atoms with Crippen LogP contribution in [-0.2, 0) is 14.2 Å². The Balaban J connectivity index is 0. The van der Waals surface area contributed by atoms with Crippen LogP contribution in [0.3, 0.4) is 0 Å². The second kappa shape index (κ2) is 12.5. The fraction of sp³-hybridized carbons (Fsp3) is 0.667. The molecular weight excluding hydrogens is 303 g/mol. The van der Waals surface area contributed by atoms with E-state index < -0.39 is 25.7 Å². The monoisotopic (exact) mass is 326 g/mol. The highest BCUT2D eigenvalue weighted by Gasteiger charge is 2.17. The van der Waals surface area contributed by atoms with Crippen LogP contribution < -0.4 is 0 Å². The number of carboxylic acids is 2. The van der Waals surface area contributed by atoms with Gasteiger partial charge in [0, 0.05) is 0 Å². The topological polar surface area (TPSA) is 152 Å². The summed E-state index contributed by atoms with van der Waals surface area (Å²) in [6.07, 6.45) is 8.26. The third kappa shape index (κ3) is 24.2. The molecule has 0 saturated heterocycles. The van der Waals surface area contributed by atoms with Crippen molar-refractivity contribution in [2.75, 3.05) is 0 Å². The van der Waals surface area contributed by atoms with Gasteiger partial charge in [-0.15, -0.1) is 0 Å². The zero-order valence-corrected chi connectivity index (χ0v) is 12.8. The van der Waals surface area contributed by atoms with Crippen LogP contribution in [0.5, 0.6) is 0 Å². The molecule has 0 saturated carbocycles. The zero-order chi connectivity index (χ0) is 16.9. The molecule has 0 aliphatic rings. The Bertz CT molecular complexity index is 365. The Morgan fingerprint density at radius 2 is 1.62 bits per heavy atom. The van der Waals surface area contributed by atoms with Crippen LogP contribution in [0.25, 0.3) is 0 Å². The fourth-order valence-corrected chi connectivity index (χ4v) is 1.38. The molecule has 8 nitrogen and oxygen atoms in total. The highest BCUT2D eigenvalue weighted by atomic mass is 31.2. The quantitative estimate of drug-likeness (QED) is 0.244. The molecule has 0 aliphatic carbocycles. The summed E-state index contributed by atoms with van der Waals surface area (Å²) in [5.74, 6) is -3.06. The third-order valence-electron chi connectivity index (χ3n) is 2.30. The Kier molecular flexibility index (Phi) is 13.2. The molecule has 5 N–H and O–H groups in total. The summed E-state index contributed by atoms with van der Waals surface area (Å²) < 4.78 is 8.88. The predicted octanol–water partition coefficient (Wildman–Crippen LogP) is 1.76. The first-order valence-corrected chi connectivity index (χ1v) is 8.04. The number of hydrogen-bond acceptors (Lipinski definition) is 3. The summed E-state index contributed by atoms with van der Waals surface area (Å²) in [6.45, 7) is 2.13. The number of rotatable bonds is 9. The molecule has 124 valence electrons. The molecule has 0 aromatic rings. The molecular formula is C12H23O8P. The molecule has 0 amide bonds. The summed E-state index contributed by atoms with van der Waals surface area (Å²) >= 11 is 0. The van der Waals surface area contributed by atoms with E-state index in [9.17, 15) is 9.59 Å². The Hall–Kier alpha value is -1.21. The van der Waals surface area contributed by atoms with Crippen LogP contribution in [0, 0.1) is 5.92 Å². The van der Waals surface area contributed by atoms with E-state index in [4.69, 9.17) is 29.5 Å². The smallest absolute Gasteiger partial charge is 0.466 e. The van der Waals surface area contributed by atoms with Gasteiger partial charge in [-0.3, -0.25) is 9.59 Å². The minimum atomic E-state index is -4.64. The van der Waals surface area contributed by atoms with E-state index >= 15 is 0 Å². The van der Waals surface area contributed by atoms with E-state index in [1.54, 1.807) is 6.08 Å². The summed E-state index contributed by atoms with van der Waals surface area (Å²) in [5.41, 5.74) is 0. The van der Waals surface area contributed by atoms with Crippen molar-refractivity contribution in [2.45, 2.75) is 45.4 Å². The number of carbonyl (C=O) groups is 2. The molecule has 21 heavy (non-hydrogen) atoms. The molecule has 0 heterocycles. The summed E-state index contributed by atoms with van der Waals surface area (Å²) in [4.78, 5) is 42.6. The van der Waals surface area contributed by atoms with Gasteiger partial charge in [-0.25, -0.2) is 4.57 Å². The molecule has 0 rings (SSSR count). The predicted molar refractivity (Wildman–Crippen MR) is 75.5 cm³/mol. The van der Waals surface area contributed by atoms with Gasteiger partial charge in [0.15, 0.2) is 0 Å². The van der Waals surface area contributed by atoms with E-state index in [1.165, 1.54) is 18.9 Å². The van der Waals surface area contributed by atoms with Crippen molar-refractivity contribution in [2.24, 2.45) is 5.92 Å². The number of aliphatic carboxylic acids is 2. The van der Waals surface area contributed by atoms with Gasteiger partial charge in [-0.1, -0.05) is 38.3 Å². The molecule has 9 heteroatoms. The minimum absolute atomic E-state index is 0.346. The summed E-state index contributed by atoms with van der Waals surface area (Å²) in [7, 11) is -4.64. The molecule has 0 radical (unpaired) electrons. The standard InChI is InChI=1S/C12H20O4.H3O4P/c1-2-3-4-5-6-7-8-10(12(15)16)9-11(13)14;1-5(2,3)4/h7-8,10H,2-6,9H2,1H3,(H,13,14)(H,15,16);(H3,1,2,3,4). The van der Waals surface area contributed by atoms with Crippen LogP contribution in [0.4, 0.5) is 0 Å². The Morgan fingerprint density at radius 1 is 1.10 bits per heavy atom.